The minimum absolute atomic E-state index is 0.0639. The molecule has 2 aromatic rings. The van der Waals surface area contributed by atoms with Crippen LogP contribution in [0.5, 0.6) is 0 Å². The third kappa shape index (κ3) is 5.23. The number of rotatable bonds is 8. The summed E-state index contributed by atoms with van der Waals surface area (Å²) in [5.41, 5.74) is 2.76. The number of esters is 1. The van der Waals surface area contributed by atoms with Crippen molar-refractivity contribution in [2.24, 2.45) is 0 Å². The van der Waals surface area contributed by atoms with E-state index in [-0.39, 0.29) is 18.0 Å². The van der Waals surface area contributed by atoms with Crippen molar-refractivity contribution >= 4 is 11.9 Å². The van der Waals surface area contributed by atoms with E-state index in [2.05, 4.69) is 36.5 Å². The first-order valence-corrected chi connectivity index (χ1v) is 9.53. The Morgan fingerprint density at radius 2 is 1.86 bits per heavy atom. The number of carbonyl (C=O) groups excluding carboxylic acids is 2. The van der Waals surface area contributed by atoms with Gasteiger partial charge in [0.2, 0.25) is 5.91 Å². The zero-order valence-corrected chi connectivity index (χ0v) is 17.5. The van der Waals surface area contributed by atoms with E-state index in [0.29, 0.717) is 23.6 Å². The summed E-state index contributed by atoms with van der Waals surface area (Å²) in [5.74, 6) is 0.634. The van der Waals surface area contributed by atoms with Gasteiger partial charge < -0.3 is 14.5 Å². The van der Waals surface area contributed by atoms with Crippen LogP contribution in [0.15, 0.2) is 34.7 Å². The molecule has 0 aliphatic carbocycles. The van der Waals surface area contributed by atoms with Gasteiger partial charge >= 0.3 is 5.97 Å². The molecule has 1 amide bonds. The van der Waals surface area contributed by atoms with E-state index in [1.165, 1.54) is 12.7 Å². The van der Waals surface area contributed by atoms with E-state index in [9.17, 15) is 9.59 Å². The van der Waals surface area contributed by atoms with Crippen LogP contribution < -0.4 is 5.32 Å². The normalized spacial score (nSPS) is 13.2. The third-order valence-corrected chi connectivity index (χ3v) is 5.07. The molecule has 1 heterocycles. The molecule has 2 unspecified atom stereocenters. The highest BCUT2D eigenvalue weighted by molar-refractivity contribution is 5.90. The number of furan rings is 1. The lowest BCUT2D eigenvalue weighted by atomic mass is 10.0. The Hall–Kier alpha value is -2.60. The molecule has 0 spiro atoms. The molecule has 2 rings (SSSR count). The second kappa shape index (κ2) is 9.55. The predicted molar refractivity (Wildman–Crippen MR) is 108 cm³/mol. The van der Waals surface area contributed by atoms with Gasteiger partial charge in [0, 0.05) is 0 Å². The zero-order valence-electron chi connectivity index (χ0n) is 17.5. The molecule has 1 aromatic heterocycles. The Balaban J connectivity index is 1.97. The largest absolute Gasteiger partial charge is 0.465 e. The smallest absolute Gasteiger partial charge is 0.341 e. The summed E-state index contributed by atoms with van der Waals surface area (Å²) in [7, 11) is 3.19. The van der Waals surface area contributed by atoms with Gasteiger partial charge in [0.25, 0.3) is 0 Å². The number of amides is 1. The van der Waals surface area contributed by atoms with Gasteiger partial charge in [-0.25, -0.2) is 4.79 Å². The van der Waals surface area contributed by atoms with Crippen LogP contribution in [-0.4, -0.2) is 37.0 Å². The van der Waals surface area contributed by atoms with Crippen molar-refractivity contribution in [1.82, 2.24) is 10.2 Å². The van der Waals surface area contributed by atoms with Gasteiger partial charge in [-0.1, -0.05) is 31.2 Å². The van der Waals surface area contributed by atoms with Crippen molar-refractivity contribution in [1.29, 1.82) is 0 Å². The molecule has 0 radical (unpaired) electrons. The highest BCUT2D eigenvalue weighted by atomic mass is 16.5. The fourth-order valence-electron chi connectivity index (χ4n) is 2.98. The number of benzene rings is 1. The molecule has 6 heteroatoms. The summed E-state index contributed by atoms with van der Waals surface area (Å²) in [6.45, 7) is 8.07. The van der Waals surface area contributed by atoms with Gasteiger partial charge in [-0.3, -0.25) is 9.69 Å². The molecule has 152 valence electrons. The molecule has 0 fully saturated rings. The third-order valence-electron chi connectivity index (χ3n) is 5.07. The number of methoxy groups -OCH3 is 1. The summed E-state index contributed by atoms with van der Waals surface area (Å²) in [4.78, 5) is 26.2. The quantitative estimate of drug-likeness (QED) is 0.702. The summed E-state index contributed by atoms with van der Waals surface area (Å²) in [6.07, 6.45) is 0.993. The van der Waals surface area contributed by atoms with Gasteiger partial charge in [0.1, 0.15) is 17.1 Å². The summed E-state index contributed by atoms with van der Waals surface area (Å²) in [6, 6.07) is 9.52. The molecular weight excluding hydrogens is 356 g/mol. The molecule has 0 saturated heterocycles. The summed E-state index contributed by atoms with van der Waals surface area (Å²) >= 11 is 0. The van der Waals surface area contributed by atoms with Crippen LogP contribution in [0.2, 0.25) is 0 Å². The lowest BCUT2D eigenvalue weighted by Gasteiger charge is -2.25. The molecule has 28 heavy (non-hydrogen) atoms. The SMILES string of the molecule is CCc1ccc(C(C)NC(=O)C(C)N(C)Cc2cc(C(=O)OC)c(C)o2)cc1. The maximum absolute atomic E-state index is 12.7. The van der Waals surface area contributed by atoms with Gasteiger partial charge in [-0.15, -0.1) is 0 Å². The van der Waals surface area contributed by atoms with E-state index >= 15 is 0 Å². The first-order chi connectivity index (χ1) is 13.3. The Kier molecular flexibility index (Phi) is 7.40. The highest BCUT2D eigenvalue weighted by Gasteiger charge is 2.22. The van der Waals surface area contributed by atoms with Crippen LogP contribution >= 0.6 is 0 Å². The van der Waals surface area contributed by atoms with E-state index in [1.807, 2.05) is 25.8 Å². The Morgan fingerprint density at radius 1 is 1.21 bits per heavy atom. The molecule has 0 bridgehead atoms. The van der Waals surface area contributed by atoms with Crippen LogP contribution in [0.3, 0.4) is 0 Å². The number of nitrogens with one attached hydrogen (secondary N) is 1. The van der Waals surface area contributed by atoms with E-state index in [4.69, 9.17) is 9.15 Å². The standard InChI is InChI=1S/C22H30N2O4/c1-7-17-8-10-18(11-9-17)14(2)23-21(25)15(3)24(5)13-19-12-20(16(4)28-19)22(26)27-6/h8-12,14-15H,7,13H2,1-6H3,(H,23,25). The second-order valence-electron chi connectivity index (χ2n) is 7.09. The van der Waals surface area contributed by atoms with Crippen LogP contribution in [0, 0.1) is 6.92 Å². The number of aryl methyl sites for hydroxylation is 2. The molecule has 1 N–H and O–H groups in total. The minimum atomic E-state index is -0.427. The first-order valence-electron chi connectivity index (χ1n) is 9.53. The maximum Gasteiger partial charge on any atom is 0.341 e. The van der Waals surface area contributed by atoms with Gasteiger partial charge in [0.05, 0.1) is 25.7 Å². The average molecular weight is 386 g/mol. The van der Waals surface area contributed by atoms with Crippen LogP contribution in [0.1, 0.15) is 59.8 Å². The average Bonchev–Trinajstić information content (AvgIpc) is 3.06. The number of nitrogens with zero attached hydrogens (tertiary/aromatic N) is 1. The number of hydrogen-bond donors (Lipinski definition) is 1. The molecular formula is C22H30N2O4. The van der Waals surface area contributed by atoms with Crippen LogP contribution in [-0.2, 0) is 22.5 Å². The molecule has 2 atom stereocenters. The summed E-state index contributed by atoms with van der Waals surface area (Å²) in [5, 5.41) is 3.06. The van der Waals surface area contributed by atoms with Crippen molar-refractivity contribution in [2.75, 3.05) is 14.2 Å². The predicted octanol–water partition coefficient (Wildman–Crippen LogP) is 3.63. The lowest BCUT2D eigenvalue weighted by Crippen LogP contribution is -2.43. The van der Waals surface area contributed by atoms with Crippen molar-refractivity contribution in [3.63, 3.8) is 0 Å². The second-order valence-corrected chi connectivity index (χ2v) is 7.09. The molecule has 6 nitrogen and oxygen atoms in total. The lowest BCUT2D eigenvalue weighted by molar-refractivity contribution is -0.126. The number of carbonyl (C=O) groups is 2. The fraction of sp³-hybridized carbons (Fsp3) is 0.455. The minimum Gasteiger partial charge on any atom is -0.465 e. The summed E-state index contributed by atoms with van der Waals surface area (Å²) < 4.78 is 10.4. The zero-order chi connectivity index (χ0) is 20.8. The molecule has 1 aromatic carbocycles. The molecule has 0 aliphatic rings. The van der Waals surface area contributed by atoms with Crippen molar-refractivity contribution in [2.45, 2.75) is 52.7 Å². The van der Waals surface area contributed by atoms with Crippen molar-refractivity contribution < 1.29 is 18.7 Å². The van der Waals surface area contributed by atoms with Gasteiger partial charge in [0.15, 0.2) is 0 Å². The highest BCUT2D eigenvalue weighted by Crippen LogP contribution is 2.18. The van der Waals surface area contributed by atoms with E-state index in [1.54, 1.807) is 13.0 Å². The maximum atomic E-state index is 12.7. The fourth-order valence-corrected chi connectivity index (χ4v) is 2.98. The Labute approximate surface area is 166 Å². The molecule has 0 saturated carbocycles. The Morgan fingerprint density at radius 3 is 2.43 bits per heavy atom. The number of ether oxygens (including phenoxy) is 1. The number of hydrogen-bond acceptors (Lipinski definition) is 5. The van der Waals surface area contributed by atoms with Crippen LogP contribution in [0.4, 0.5) is 0 Å². The van der Waals surface area contributed by atoms with Crippen molar-refractivity contribution in [3.8, 4) is 0 Å². The monoisotopic (exact) mass is 386 g/mol. The van der Waals surface area contributed by atoms with Crippen molar-refractivity contribution in [3.05, 3.63) is 58.5 Å². The van der Waals surface area contributed by atoms with Gasteiger partial charge in [-0.2, -0.15) is 0 Å². The van der Waals surface area contributed by atoms with E-state index in [0.717, 1.165) is 12.0 Å². The Bertz CT molecular complexity index is 810. The number of likely N-dealkylation sites (N-methyl/N-ethyl adjacent to an activating group) is 1. The topological polar surface area (TPSA) is 71.8 Å². The molecule has 0 aliphatic heterocycles. The van der Waals surface area contributed by atoms with Gasteiger partial charge in [-0.05, 0) is 51.4 Å². The van der Waals surface area contributed by atoms with E-state index < -0.39 is 5.97 Å². The van der Waals surface area contributed by atoms with Crippen LogP contribution in [0.25, 0.3) is 0 Å². The first kappa shape index (κ1) is 21.7.